The third-order valence-electron chi connectivity index (χ3n) is 1.38. The second-order valence-corrected chi connectivity index (χ2v) is 2.19. The first-order chi connectivity index (χ1) is 5.25. The first-order valence-electron chi connectivity index (χ1n) is 3.07. The predicted octanol–water partition coefficient (Wildman–Crippen LogP) is 0.598. The molecule has 0 aliphatic rings. The number of hydrogen-bond acceptors (Lipinski definition) is 3. The molecule has 0 radical (unpaired) electrons. The molecule has 56 valence electrons. The maximum absolute atomic E-state index is 10.6. The van der Waals surface area contributed by atoms with Gasteiger partial charge in [0.05, 0.1) is 11.6 Å². The standard InChI is InChI=1S/C7H5NO3/c9-6-1-2-8-5(3-6)4-7(10)11-8/h1-4,9H. The van der Waals surface area contributed by atoms with Gasteiger partial charge in [0.25, 0.3) is 0 Å². The van der Waals surface area contributed by atoms with E-state index in [2.05, 4.69) is 4.52 Å². The highest BCUT2D eigenvalue weighted by Crippen LogP contribution is 2.10. The smallest absolute Gasteiger partial charge is 0.358 e. The summed E-state index contributed by atoms with van der Waals surface area (Å²) in [7, 11) is 0. The summed E-state index contributed by atoms with van der Waals surface area (Å²) in [5, 5.41) is 8.98. The molecule has 2 rings (SSSR count). The lowest BCUT2D eigenvalue weighted by Crippen LogP contribution is -1.86. The Morgan fingerprint density at radius 2 is 2.27 bits per heavy atom. The third-order valence-corrected chi connectivity index (χ3v) is 1.38. The van der Waals surface area contributed by atoms with E-state index < -0.39 is 5.63 Å². The highest BCUT2D eigenvalue weighted by molar-refractivity contribution is 5.48. The van der Waals surface area contributed by atoms with Gasteiger partial charge in [0, 0.05) is 12.3 Å². The van der Waals surface area contributed by atoms with E-state index in [-0.39, 0.29) is 5.75 Å². The van der Waals surface area contributed by atoms with Crippen LogP contribution in [0.25, 0.3) is 5.52 Å². The van der Waals surface area contributed by atoms with Gasteiger partial charge in [-0.25, -0.2) is 4.79 Å². The van der Waals surface area contributed by atoms with Gasteiger partial charge >= 0.3 is 5.63 Å². The molecular weight excluding hydrogens is 146 g/mol. The Morgan fingerprint density at radius 3 is 3.09 bits per heavy atom. The lowest BCUT2D eigenvalue weighted by atomic mass is 10.4. The summed E-state index contributed by atoms with van der Waals surface area (Å²) < 4.78 is 5.97. The number of aromatic nitrogens is 1. The van der Waals surface area contributed by atoms with Crippen molar-refractivity contribution in [3.8, 4) is 5.75 Å². The van der Waals surface area contributed by atoms with E-state index in [4.69, 9.17) is 5.11 Å². The van der Waals surface area contributed by atoms with E-state index in [1.165, 1.54) is 29.0 Å². The molecule has 0 unspecified atom stereocenters. The quantitative estimate of drug-likeness (QED) is 0.599. The van der Waals surface area contributed by atoms with Crippen LogP contribution in [0.1, 0.15) is 0 Å². The van der Waals surface area contributed by atoms with Crippen LogP contribution in [0.15, 0.2) is 33.7 Å². The van der Waals surface area contributed by atoms with Crippen molar-refractivity contribution >= 4 is 5.52 Å². The number of fused-ring (bicyclic) bond motifs is 1. The van der Waals surface area contributed by atoms with Crippen molar-refractivity contribution in [1.29, 1.82) is 0 Å². The molecule has 0 aliphatic carbocycles. The Balaban J connectivity index is 2.92. The van der Waals surface area contributed by atoms with Crippen molar-refractivity contribution < 1.29 is 9.63 Å². The van der Waals surface area contributed by atoms with E-state index in [1.807, 2.05) is 0 Å². The Bertz CT molecular complexity index is 440. The lowest BCUT2D eigenvalue weighted by molar-refractivity contribution is 0.348. The van der Waals surface area contributed by atoms with Crippen LogP contribution in [-0.2, 0) is 0 Å². The van der Waals surface area contributed by atoms with E-state index in [0.29, 0.717) is 5.52 Å². The maximum Gasteiger partial charge on any atom is 0.358 e. The normalized spacial score (nSPS) is 10.5. The van der Waals surface area contributed by atoms with Crippen molar-refractivity contribution in [3.63, 3.8) is 0 Å². The van der Waals surface area contributed by atoms with Crippen LogP contribution in [0.5, 0.6) is 5.75 Å². The highest BCUT2D eigenvalue weighted by Gasteiger charge is 1.97. The summed E-state index contributed by atoms with van der Waals surface area (Å²) in [6.45, 7) is 0. The summed E-state index contributed by atoms with van der Waals surface area (Å²) in [5.74, 6) is 0.116. The van der Waals surface area contributed by atoms with Crippen molar-refractivity contribution in [2.45, 2.75) is 0 Å². The van der Waals surface area contributed by atoms with Gasteiger partial charge in [-0.1, -0.05) is 0 Å². The topological polar surface area (TPSA) is 54.8 Å². The van der Waals surface area contributed by atoms with Crippen LogP contribution in [0.4, 0.5) is 0 Å². The highest BCUT2D eigenvalue weighted by atomic mass is 16.5. The van der Waals surface area contributed by atoms with Gasteiger partial charge in [-0.15, -0.1) is 0 Å². The van der Waals surface area contributed by atoms with Crippen molar-refractivity contribution in [1.82, 2.24) is 4.57 Å². The second-order valence-electron chi connectivity index (χ2n) is 2.19. The van der Waals surface area contributed by atoms with Crippen LogP contribution in [0.3, 0.4) is 0 Å². The third kappa shape index (κ3) is 0.881. The second kappa shape index (κ2) is 1.88. The molecular formula is C7H5NO3. The van der Waals surface area contributed by atoms with E-state index in [9.17, 15) is 4.79 Å². The number of nitrogens with zero attached hydrogens (tertiary/aromatic N) is 1. The summed E-state index contributed by atoms with van der Waals surface area (Å²) in [4.78, 5) is 10.6. The largest absolute Gasteiger partial charge is 0.508 e. The zero-order valence-electron chi connectivity index (χ0n) is 5.52. The van der Waals surface area contributed by atoms with Crippen LogP contribution >= 0.6 is 0 Å². The van der Waals surface area contributed by atoms with Crippen LogP contribution in [0, 0.1) is 0 Å². The Hall–Kier alpha value is -1.71. The van der Waals surface area contributed by atoms with Gasteiger partial charge in [0.2, 0.25) is 0 Å². The maximum atomic E-state index is 10.6. The van der Waals surface area contributed by atoms with E-state index >= 15 is 0 Å². The molecule has 4 nitrogen and oxygen atoms in total. The van der Waals surface area contributed by atoms with E-state index in [1.54, 1.807) is 0 Å². The molecule has 1 N–H and O–H groups in total. The molecule has 0 fully saturated rings. The Morgan fingerprint density at radius 1 is 1.45 bits per heavy atom. The molecule has 0 aliphatic heterocycles. The minimum Gasteiger partial charge on any atom is -0.508 e. The summed E-state index contributed by atoms with van der Waals surface area (Å²) in [6.07, 6.45) is 1.48. The fourth-order valence-electron chi connectivity index (χ4n) is 0.926. The van der Waals surface area contributed by atoms with Gasteiger partial charge < -0.3 is 9.63 Å². The number of pyridine rings is 1. The van der Waals surface area contributed by atoms with Gasteiger partial charge in [-0.3, -0.25) is 0 Å². The lowest BCUT2D eigenvalue weighted by Gasteiger charge is -1.90. The van der Waals surface area contributed by atoms with Crippen molar-refractivity contribution in [3.05, 3.63) is 34.8 Å². The fourth-order valence-corrected chi connectivity index (χ4v) is 0.926. The summed E-state index contributed by atoms with van der Waals surface area (Å²) >= 11 is 0. The number of rotatable bonds is 0. The minimum absolute atomic E-state index is 0.116. The predicted molar refractivity (Wildman–Crippen MR) is 37.6 cm³/mol. The van der Waals surface area contributed by atoms with Crippen LogP contribution in [0.2, 0.25) is 0 Å². The molecule has 2 aromatic heterocycles. The molecule has 2 heterocycles. The average molecular weight is 151 g/mol. The molecule has 0 saturated heterocycles. The first kappa shape index (κ1) is 6.03. The monoisotopic (exact) mass is 151 g/mol. The average Bonchev–Trinajstić information content (AvgIpc) is 2.27. The van der Waals surface area contributed by atoms with Crippen LogP contribution in [-0.4, -0.2) is 9.68 Å². The SMILES string of the molecule is O=c1cc2cc(O)ccn2o1. The molecule has 0 aromatic carbocycles. The minimum atomic E-state index is -0.421. The molecule has 0 amide bonds. The first-order valence-corrected chi connectivity index (χ1v) is 3.07. The Labute approximate surface area is 61.3 Å². The summed E-state index contributed by atoms with van der Waals surface area (Å²) in [5.41, 5.74) is 0.130. The molecule has 0 bridgehead atoms. The molecule has 0 saturated carbocycles. The van der Waals surface area contributed by atoms with Gasteiger partial charge in [-0.2, -0.15) is 4.57 Å². The van der Waals surface area contributed by atoms with Crippen LogP contribution < -0.4 is 5.63 Å². The Kier molecular flexibility index (Phi) is 1.03. The molecule has 0 spiro atoms. The zero-order chi connectivity index (χ0) is 7.84. The number of aromatic hydroxyl groups is 1. The fraction of sp³-hybridized carbons (Fsp3) is 0. The van der Waals surface area contributed by atoms with Crippen molar-refractivity contribution in [2.75, 3.05) is 0 Å². The molecule has 0 atom stereocenters. The van der Waals surface area contributed by atoms with Crippen molar-refractivity contribution in [2.24, 2.45) is 0 Å². The molecule has 2 aromatic rings. The summed E-state index contributed by atoms with van der Waals surface area (Å²) in [6, 6.07) is 4.20. The zero-order valence-corrected chi connectivity index (χ0v) is 5.52. The molecule has 4 heteroatoms. The molecule has 11 heavy (non-hydrogen) atoms. The van der Waals surface area contributed by atoms with E-state index in [0.717, 1.165) is 0 Å². The number of hydrogen-bond donors (Lipinski definition) is 1. The van der Waals surface area contributed by atoms with Gasteiger partial charge in [-0.05, 0) is 6.07 Å². The van der Waals surface area contributed by atoms with Gasteiger partial charge in [0.1, 0.15) is 5.75 Å². The van der Waals surface area contributed by atoms with Gasteiger partial charge in [0.15, 0.2) is 0 Å².